The molecule has 1 rings (SSSR count). The Labute approximate surface area is 70.1 Å². The molecule has 0 unspecified atom stereocenters. The Morgan fingerprint density at radius 2 is 2.40 bits per heavy atom. The van der Waals surface area contributed by atoms with E-state index in [1.807, 2.05) is 0 Å². The third-order valence-electron chi connectivity index (χ3n) is 1.01. The summed E-state index contributed by atoms with van der Waals surface area (Å²) in [6.07, 6.45) is 0. The molecule has 50 valence electrons. The van der Waals surface area contributed by atoms with Crippen LogP contribution in [0.1, 0.15) is 15.4 Å². The van der Waals surface area contributed by atoms with Gasteiger partial charge in [0.2, 0.25) is 16.3 Å². The van der Waals surface area contributed by atoms with Gasteiger partial charge in [-0.25, -0.2) is 4.79 Å². The molecule has 1 heterocycles. The molecule has 1 N–H and O–H groups in total. The summed E-state index contributed by atoms with van der Waals surface area (Å²) in [5, 5.41) is 8.54. The van der Waals surface area contributed by atoms with Crippen molar-refractivity contribution in [1.29, 1.82) is 0 Å². The Morgan fingerprint density at radius 3 is 2.60 bits per heavy atom. The van der Waals surface area contributed by atoms with E-state index in [2.05, 4.69) is 21.3 Å². The van der Waals surface area contributed by atoms with Gasteiger partial charge in [-0.1, -0.05) is 0 Å². The van der Waals surface area contributed by atoms with Gasteiger partial charge in [-0.3, -0.25) is 4.98 Å². The van der Waals surface area contributed by atoms with Crippen LogP contribution in [0.4, 0.5) is 0 Å². The lowest BCUT2D eigenvalue weighted by atomic mass is 10.4. The number of carboxylic acid groups (broad SMARTS) is 1. The van der Waals surface area contributed by atoms with Gasteiger partial charge in [-0.2, -0.15) is 0 Å². The number of hydrogen-bond donors (Lipinski definition) is 1. The predicted molar refractivity (Wildman–Crippen MR) is 39.2 cm³/mol. The number of thiazole rings is 1. The Bertz CT molecular complexity index is 271. The lowest BCUT2D eigenvalue weighted by molar-refractivity contribution is 0.0701. The van der Waals surface area contributed by atoms with Gasteiger partial charge in [0.15, 0.2) is 0 Å². The van der Waals surface area contributed by atoms with E-state index in [1.54, 1.807) is 6.92 Å². The fraction of sp³-hybridized carbons (Fsp3) is 0.200. The van der Waals surface area contributed by atoms with E-state index in [-0.39, 0.29) is 0 Å². The molecular weight excluding hydrogens is 165 g/mol. The van der Waals surface area contributed by atoms with Gasteiger partial charge < -0.3 is 5.11 Å². The monoisotopic (exact) mass is 169 g/mol. The lowest BCUT2D eigenvalue weighted by Gasteiger charge is -1.84. The molecule has 0 saturated heterocycles. The summed E-state index contributed by atoms with van der Waals surface area (Å²) in [6.45, 7) is 1.69. The van der Waals surface area contributed by atoms with Crippen molar-refractivity contribution < 1.29 is 9.90 Å². The molecule has 0 aliphatic heterocycles. The van der Waals surface area contributed by atoms with Crippen LogP contribution >= 0.6 is 11.3 Å². The predicted octanol–water partition coefficient (Wildman–Crippen LogP) is -0.0565. The summed E-state index contributed by atoms with van der Waals surface area (Å²) in [5.41, 5.74) is 0.586. The molecular formula is C5H4AlNO2S. The topological polar surface area (TPSA) is 50.2 Å². The molecule has 5 heteroatoms. The number of hydrogen-bond acceptors (Lipinski definition) is 3. The minimum absolute atomic E-state index is 0.324. The molecule has 1 aromatic heterocycles. The average Bonchev–Trinajstić information content (AvgIpc) is 2.10. The molecule has 0 aliphatic carbocycles. The molecule has 0 aromatic carbocycles. The minimum Gasteiger partial charge on any atom is -0.477 e. The van der Waals surface area contributed by atoms with Gasteiger partial charge in [0.25, 0.3) is 0 Å². The van der Waals surface area contributed by atoms with Crippen molar-refractivity contribution in [2.45, 2.75) is 6.92 Å². The summed E-state index contributed by atoms with van der Waals surface area (Å²) < 4.78 is 0.718. The smallest absolute Gasteiger partial charge is 0.347 e. The summed E-state index contributed by atoms with van der Waals surface area (Å²) in [5.74, 6) is -0.899. The maximum absolute atomic E-state index is 10.4. The van der Waals surface area contributed by atoms with E-state index >= 15 is 0 Å². The van der Waals surface area contributed by atoms with Gasteiger partial charge in [0.1, 0.15) is 4.88 Å². The largest absolute Gasteiger partial charge is 0.477 e. The number of aromatic carboxylic acids is 1. The number of aryl methyl sites for hydroxylation is 1. The average molecular weight is 169 g/mol. The van der Waals surface area contributed by atoms with Crippen LogP contribution in [0.2, 0.25) is 0 Å². The zero-order chi connectivity index (χ0) is 7.72. The molecule has 0 spiro atoms. The van der Waals surface area contributed by atoms with Gasteiger partial charge in [0.05, 0.1) is 5.69 Å². The van der Waals surface area contributed by atoms with Crippen LogP contribution in [0, 0.1) is 6.92 Å². The zero-order valence-corrected chi connectivity index (χ0v) is 7.26. The fourth-order valence-corrected chi connectivity index (χ4v) is 1.84. The zero-order valence-electron chi connectivity index (χ0n) is 5.29. The van der Waals surface area contributed by atoms with Crippen molar-refractivity contribution in [2.24, 2.45) is 0 Å². The first kappa shape index (κ1) is 7.74. The third kappa shape index (κ3) is 1.37. The maximum Gasteiger partial charge on any atom is 0.347 e. The normalized spacial score (nSPS) is 9.70. The molecule has 0 saturated carbocycles. The van der Waals surface area contributed by atoms with Crippen molar-refractivity contribution in [3.05, 3.63) is 10.6 Å². The van der Waals surface area contributed by atoms with Crippen molar-refractivity contribution >= 4 is 37.5 Å². The van der Waals surface area contributed by atoms with E-state index in [0.717, 1.165) is 3.87 Å². The number of carboxylic acids is 1. The highest BCUT2D eigenvalue weighted by atomic mass is 32.1. The van der Waals surface area contributed by atoms with E-state index in [9.17, 15) is 4.79 Å². The quantitative estimate of drug-likeness (QED) is 0.599. The van der Waals surface area contributed by atoms with E-state index in [1.165, 1.54) is 11.3 Å². The van der Waals surface area contributed by atoms with Gasteiger partial charge in [0, 0.05) is 0 Å². The number of rotatable bonds is 1. The highest BCUT2D eigenvalue weighted by Gasteiger charge is 2.09. The molecule has 1 aromatic rings. The summed E-state index contributed by atoms with van der Waals surface area (Å²) >= 11 is 3.55. The van der Waals surface area contributed by atoms with Crippen LogP contribution in [0.3, 0.4) is 0 Å². The first-order chi connectivity index (χ1) is 4.61. The Kier molecular flexibility index (Phi) is 2.09. The van der Waals surface area contributed by atoms with Crippen molar-refractivity contribution in [3.8, 4) is 0 Å². The summed E-state index contributed by atoms with van der Waals surface area (Å²) in [7, 11) is 0. The maximum atomic E-state index is 10.4. The molecule has 0 aliphatic rings. The second kappa shape index (κ2) is 2.71. The van der Waals surface area contributed by atoms with Crippen molar-refractivity contribution in [2.75, 3.05) is 0 Å². The van der Waals surface area contributed by atoms with Crippen LogP contribution in [0.15, 0.2) is 0 Å². The molecule has 0 amide bonds. The van der Waals surface area contributed by atoms with Gasteiger partial charge in [-0.15, -0.1) is 11.3 Å². The third-order valence-corrected chi connectivity index (χ3v) is 2.46. The molecule has 2 radical (unpaired) electrons. The standard InChI is InChI=1S/C5H4NO2S.Al/c1-3-4(5(7)8)9-2-6-3;/h1H3,(H,7,8);. The van der Waals surface area contributed by atoms with Crippen molar-refractivity contribution in [3.63, 3.8) is 0 Å². The summed E-state index contributed by atoms with van der Waals surface area (Å²) in [6, 6.07) is 0. The molecule has 3 nitrogen and oxygen atoms in total. The van der Waals surface area contributed by atoms with Crippen LogP contribution in [-0.2, 0) is 0 Å². The Hall–Kier alpha value is -0.368. The molecule has 10 heavy (non-hydrogen) atoms. The number of carbonyl (C=O) groups is 1. The summed E-state index contributed by atoms with van der Waals surface area (Å²) in [4.78, 5) is 14.7. The van der Waals surface area contributed by atoms with Gasteiger partial charge in [-0.05, 0) is 10.8 Å². The first-order valence-corrected chi connectivity index (χ1v) is 3.97. The number of nitrogens with zero attached hydrogens (tertiary/aromatic N) is 1. The second-order valence-corrected chi connectivity index (χ2v) is 3.77. The van der Waals surface area contributed by atoms with E-state index < -0.39 is 5.97 Å². The van der Waals surface area contributed by atoms with Gasteiger partial charge >= 0.3 is 5.97 Å². The highest BCUT2D eigenvalue weighted by molar-refractivity contribution is 7.21. The molecule has 0 bridgehead atoms. The van der Waals surface area contributed by atoms with E-state index in [0.29, 0.717) is 10.6 Å². The fourth-order valence-electron chi connectivity index (χ4n) is 0.616. The van der Waals surface area contributed by atoms with E-state index in [4.69, 9.17) is 5.11 Å². The SMILES string of the molecule is Cc1n[c]([Al])sc1C(=O)O. The van der Waals surface area contributed by atoms with Crippen LogP contribution < -0.4 is 3.87 Å². The Balaban J connectivity index is 3.15. The first-order valence-electron chi connectivity index (χ1n) is 2.57. The number of aromatic nitrogens is 1. The van der Waals surface area contributed by atoms with Crippen molar-refractivity contribution in [1.82, 2.24) is 4.98 Å². The minimum atomic E-state index is -0.899. The molecule has 0 atom stereocenters. The second-order valence-electron chi connectivity index (χ2n) is 1.77. The van der Waals surface area contributed by atoms with Crippen LogP contribution in [-0.4, -0.2) is 32.4 Å². The molecule has 0 fully saturated rings. The highest BCUT2D eigenvalue weighted by Crippen LogP contribution is 2.08. The Morgan fingerprint density at radius 1 is 1.80 bits per heavy atom. The van der Waals surface area contributed by atoms with Crippen LogP contribution in [0.25, 0.3) is 0 Å². The lowest BCUT2D eigenvalue weighted by Crippen LogP contribution is -1.97. The van der Waals surface area contributed by atoms with Crippen LogP contribution in [0.5, 0.6) is 0 Å².